The molecule has 0 saturated carbocycles. The molecule has 2 N–H and O–H groups in total. The van der Waals surface area contributed by atoms with Crippen molar-refractivity contribution in [1.29, 1.82) is 0 Å². The Balaban J connectivity index is 2.94. The van der Waals surface area contributed by atoms with Crippen molar-refractivity contribution in [3.63, 3.8) is 0 Å². The molecule has 0 aliphatic rings. The fourth-order valence-corrected chi connectivity index (χ4v) is 2.89. The van der Waals surface area contributed by atoms with Gasteiger partial charge in [-0.25, -0.2) is 4.98 Å². The molecule has 112 valence electrons. The van der Waals surface area contributed by atoms with Crippen LogP contribution in [0.25, 0.3) is 0 Å². The third kappa shape index (κ3) is 5.12. The van der Waals surface area contributed by atoms with Crippen LogP contribution < -0.4 is 10.6 Å². The molecule has 0 aliphatic carbocycles. The zero-order valence-corrected chi connectivity index (χ0v) is 14.7. The normalized spacial score (nSPS) is 12.2. The number of nitrogens with one attached hydrogen (secondary N) is 2. The van der Waals surface area contributed by atoms with Gasteiger partial charge in [-0.05, 0) is 47.7 Å². The summed E-state index contributed by atoms with van der Waals surface area (Å²) in [6.07, 6.45) is 2.56. The highest BCUT2D eigenvalue weighted by atomic mass is 79.9. The van der Waals surface area contributed by atoms with Gasteiger partial charge >= 0.3 is 0 Å². The van der Waals surface area contributed by atoms with Gasteiger partial charge in [0, 0.05) is 23.3 Å². The lowest BCUT2D eigenvalue weighted by molar-refractivity contribution is 0.0892. The summed E-state index contributed by atoms with van der Waals surface area (Å²) in [5.74, 6) is 0.467. The molecule has 0 aromatic carbocycles. The number of aromatic nitrogens is 1. The van der Waals surface area contributed by atoms with Gasteiger partial charge < -0.3 is 10.6 Å². The van der Waals surface area contributed by atoms with E-state index in [0.717, 1.165) is 10.9 Å². The standard InChI is InChI=1S/C15H24BrN3O/c1-14(2,3)9-15(4,5)19-13(20)11-7-10(16)8-18-12(11)17-6/h7-8H,9H2,1-6H3,(H,17,18)(H,19,20). The van der Waals surface area contributed by atoms with Crippen LogP contribution >= 0.6 is 15.9 Å². The Morgan fingerprint density at radius 3 is 2.40 bits per heavy atom. The molecule has 0 bridgehead atoms. The van der Waals surface area contributed by atoms with E-state index in [9.17, 15) is 4.79 Å². The molecule has 1 aromatic rings. The van der Waals surface area contributed by atoms with Crippen molar-refractivity contribution in [1.82, 2.24) is 10.3 Å². The smallest absolute Gasteiger partial charge is 0.255 e. The number of nitrogens with zero attached hydrogens (tertiary/aromatic N) is 1. The molecule has 1 aromatic heterocycles. The number of amides is 1. The van der Waals surface area contributed by atoms with Crippen LogP contribution in [0.3, 0.4) is 0 Å². The molecule has 0 saturated heterocycles. The molecule has 4 nitrogen and oxygen atoms in total. The SMILES string of the molecule is CNc1ncc(Br)cc1C(=O)NC(C)(C)CC(C)(C)C. The van der Waals surface area contributed by atoms with E-state index in [1.165, 1.54) is 0 Å². The first-order valence-corrected chi connectivity index (χ1v) is 7.49. The minimum Gasteiger partial charge on any atom is -0.372 e. The summed E-state index contributed by atoms with van der Waals surface area (Å²) in [6.45, 7) is 10.6. The number of hydrogen-bond acceptors (Lipinski definition) is 3. The van der Waals surface area contributed by atoms with Crippen molar-refractivity contribution in [3.8, 4) is 0 Å². The average Bonchev–Trinajstić information content (AvgIpc) is 2.24. The summed E-state index contributed by atoms with van der Waals surface area (Å²) in [4.78, 5) is 16.7. The highest BCUT2D eigenvalue weighted by Gasteiger charge is 2.28. The summed E-state index contributed by atoms with van der Waals surface area (Å²) < 4.78 is 0.787. The van der Waals surface area contributed by atoms with Crippen molar-refractivity contribution < 1.29 is 4.79 Å². The first kappa shape index (κ1) is 17.0. The third-order valence-electron chi connectivity index (χ3n) is 2.76. The molecule has 5 heteroatoms. The van der Waals surface area contributed by atoms with E-state index in [2.05, 4.69) is 52.3 Å². The van der Waals surface area contributed by atoms with Crippen LogP contribution in [0.4, 0.5) is 5.82 Å². The van der Waals surface area contributed by atoms with E-state index in [1.807, 2.05) is 13.8 Å². The van der Waals surface area contributed by atoms with Gasteiger partial charge in [-0.2, -0.15) is 0 Å². The molecule has 0 atom stereocenters. The number of carbonyl (C=O) groups excluding carboxylic acids is 1. The molecular formula is C15H24BrN3O. The second kappa shape index (κ2) is 6.12. The second-order valence-electron chi connectivity index (χ2n) is 6.88. The number of halogens is 1. The van der Waals surface area contributed by atoms with E-state index < -0.39 is 0 Å². The summed E-state index contributed by atoms with van der Waals surface area (Å²) >= 11 is 3.35. The molecular weight excluding hydrogens is 318 g/mol. The third-order valence-corrected chi connectivity index (χ3v) is 3.19. The Morgan fingerprint density at radius 1 is 1.30 bits per heavy atom. The van der Waals surface area contributed by atoms with E-state index in [0.29, 0.717) is 11.4 Å². The van der Waals surface area contributed by atoms with Crippen molar-refractivity contribution in [2.75, 3.05) is 12.4 Å². The lowest BCUT2D eigenvalue weighted by Crippen LogP contribution is -2.46. The van der Waals surface area contributed by atoms with E-state index in [-0.39, 0.29) is 16.9 Å². The molecule has 0 radical (unpaired) electrons. The van der Waals surface area contributed by atoms with Crippen LogP contribution in [0.1, 0.15) is 51.4 Å². The number of hydrogen-bond donors (Lipinski definition) is 2. The van der Waals surface area contributed by atoms with Crippen molar-refractivity contribution >= 4 is 27.7 Å². The van der Waals surface area contributed by atoms with Crippen molar-refractivity contribution in [2.24, 2.45) is 5.41 Å². The van der Waals surface area contributed by atoms with E-state index >= 15 is 0 Å². The Kier molecular flexibility index (Phi) is 5.19. The van der Waals surface area contributed by atoms with Gasteiger partial charge in [0.05, 0.1) is 5.56 Å². The fourth-order valence-electron chi connectivity index (χ4n) is 2.56. The molecule has 0 spiro atoms. The molecule has 20 heavy (non-hydrogen) atoms. The van der Waals surface area contributed by atoms with Gasteiger partial charge in [-0.3, -0.25) is 4.79 Å². The highest BCUT2D eigenvalue weighted by molar-refractivity contribution is 9.10. The van der Waals surface area contributed by atoms with Crippen LogP contribution in [0, 0.1) is 5.41 Å². The number of anilines is 1. The summed E-state index contributed by atoms with van der Waals surface area (Å²) in [7, 11) is 1.76. The minimum absolute atomic E-state index is 0.114. The Labute approximate surface area is 129 Å². The maximum atomic E-state index is 12.5. The van der Waals surface area contributed by atoms with Crippen molar-refractivity contribution in [2.45, 2.75) is 46.6 Å². The van der Waals surface area contributed by atoms with E-state index in [1.54, 1.807) is 19.3 Å². The van der Waals surface area contributed by atoms with Gasteiger partial charge in [0.15, 0.2) is 0 Å². The lowest BCUT2D eigenvalue weighted by Gasteiger charge is -2.33. The van der Waals surface area contributed by atoms with Crippen LogP contribution in [0.5, 0.6) is 0 Å². The van der Waals surface area contributed by atoms with Crippen molar-refractivity contribution in [3.05, 3.63) is 22.3 Å². The van der Waals surface area contributed by atoms with Crippen LogP contribution in [0.15, 0.2) is 16.7 Å². The van der Waals surface area contributed by atoms with Gasteiger partial charge in [0.1, 0.15) is 5.82 Å². The second-order valence-corrected chi connectivity index (χ2v) is 7.79. The molecule has 1 amide bonds. The Bertz CT molecular complexity index is 492. The van der Waals surface area contributed by atoms with Gasteiger partial charge in [0.2, 0.25) is 0 Å². The quantitative estimate of drug-likeness (QED) is 0.874. The first-order chi connectivity index (χ1) is 9.04. The maximum Gasteiger partial charge on any atom is 0.255 e. The zero-order chi connectivity index (χ0) is 15.6. The zero-order valence-electron chi connectivity index (χ0n) is 13.1. The van der Waals surface area contributed by atoms with Gasteiger partial charge in [-0.15, -0.1) is 0 Å². The highest BCUT2D eigenvalue weighted by Crippen LogP contribution is 2.27. The van der Waals surface area contributed by atoms with Gasteiger partial charge in [0.25, 0.3) is 5.91 Å². The van der Waals surface area contributed by atoms with Gasteiger partial charge in [-0.1, -0.05) is 20.8 Å². The minimum atomic E-state index is -0.275. The Hall–Kier alpha value is -1.10. The number of pyridine rings is 1. The van der Waals surface area contributed by atoms with Crippen LogP contribution in [-0.2, 0) is 0 Å². The van der Waals surface area contributed by atoms with E-state index in [4.69, 9.17) is 0 Å². The molecule has 0 fully saturated rings. The molecule has 0 unspecified atom stereocenters. The summed E-state index contributed by atoms with van der Waals surface area (Å²) in [5, 5.41) is 6.04. The number of carbonyl (C=O) groups is 1. The maximum absolute atomic E-state index is 12.5. The lowest BCUT2D eigenvalue weighted by atomic mass is 9.81. The molecule has 0 aliphatic heterocycles. The summed E-state index contributed by atoms with van der Waals surface area (Å²) in [5.41, 5.74) is 0.421. The fraction of sp³-hybridized carbons (Fsp3) is 0.600. The topological polar surface area (TPSA) is 54.0 Å². The summed E-state index contributed by atoms with van der Waals surface area (Å²) in [6, 6.07) is 1.78. The largest absolute Gasteiger partial charge is 0.372 e. The predicted octanol–water partition coefficient (Wildman–Crippen LogP) is 3.83. The monoisotopic (exact) mass is 341 g/mol. The Morgan fingerprint density at radius 2 is 1.90 bits per heavy atom. The molecule has 1 heterocycles. The number of rotatable bonds is 4. The average molecular weight is 342 g/mol. The van der Waals surface area contributed by atoms with Crippen LogP contribution in [-0.4, -0.2) is 23.5 Å². The predicted molar refractivity (Wildman–Crippen MR) is 87.1 cm³/mol. The van der Waals surface area contributed by atoms with Crippen LogP contribution in [0.2, 0.25) is 0 Å². The first-order valence-electron chi connectivity index (χ1n) is 6.70. The molecule has 1 rings (SSSR count).